The molecule has 2 aromatic carbocycles. The van der Waals surface area contributed by atoms with Crippen molar-refractivity contribution in [3.05, 3.63) is 64.0 Å². The van der Waals surface area contributed by atoms with E-state index in [1.54, 1.807) is 50.6 Å². The molecule has 0 aliphatic carbocycles. The number of hydrogen-bond donors (Lipinski definition) is 1. The van der Waals surface area contributed by atoms with Crippen molar-refractivity contribution in [2.45, 2.75) is 4.90 Å². The van der Waals surface area contributed by atoms with Crippen molar-refractivity contribution in [3.63, 3.8) is 0 Å². The topological polar surface area (TPSA) is 107 Å². The second-order valence-electron chi connectivity index (χ2n) is 5.83. The van der Waals surface area contributed by atoms with Gasteiger partial charge in [0.2, 0.25) is 0 Å². The molecule has 0 spiro atoms. The first-order chi connectivity index (χ1) is 14.9. The van der Waals surface area contributed by atoms with Crippen LogP contribution in [0.25, 0.3) is 0 Å². The molecule has 32 heavy (non-hydrogen) atoms. The molecule has 0 unspecified atom stereocenters. The second-order valence-corrected chi connectivity index (χ2v) is 14.0. The molecule has 1 heterocycles. The van der Waals surface area contributed by atoms with Gasteiger partial charge >= 0.3 is 11.9 Å². The molecule has 0 radical (unpaired) electrons. The first-order valence-corrected chi connectivity index (χ1v) is 15.7. The fourth-order valence-corrected chi connectivity index (χ4v) is 10.9. The number of halogens is 5. The molecule has 14 heteroatoms. The van der Waals surface area contributed by atoms with Gasteiger partial charge in [-0.1, -0.05) is 0 Å². The summed E-state index contributed by atoms with van der Waals surface area (Å²) in [7, 11) is -4.43. The Labute approximate surface area is 254 Å². The molecule has 0 amide bonds. The van der Waals surface area contributed by atoms with Gasteiger partial charge in [0.1, 0.15) is 15.5 Å². The van der Waals surface area contributed by atoms with E-state index in [2.05, 4.69) is 67.8 Å². The lowest BCUT2D eigenvalue weighted by atomic mass is 10.2. The van der Waals surface area contributed by atoms with Crippen LogP contribution in [-0.4, -0.2) is 24.9 Å². The highest BCUT2D eigenvalue weighted by molar-refractivity contribution is 14.1. The first kappa shape index (κ1) is 27.2. The van der Waals surface area contributed by atoms with E-state index >= 15 is 0 Å². The zero-order valence-electron chi connectivity index (χ0n) is 15.1. The number of benzene rings is 2. The standard InChI is InChI=1S/C18H7I5O7S2/c19-7-3-10(20)14(11(21)4-7)30-18(25)15-9(1-2-31-15)17(24)29-8-5-12(22)16(13(23)6-8)32(26,27)28/h1-6H,(H,26,27,28). The van der Waals surface area contributed by atoms with Crippen LogP contribution in [0.3, 0.4) is 0 Å². The number of thiophene rings is 1. The molecule has 0 aliphatic heterocycles. The van der Waals surface area contributed by atoms with Gasteiger partial charge in [-0.15, -0.1) is 11.3 Å². The first-order valence-electron chi connectivity index (χ1n) is 8.01. The molecule has 1 aromatic heterocycles. The summed E-state index contributed by atoms with van der Waals surface area (Å²) in [6.45, 7) is 0. The van der Waals surface area contributed by atoms with E-state index < -0.39 is 22.1 Å². The molecular weight excluding hydrogens is 1030 g/mol. The number of carbonyl (C=O) groups excluding carboxylic acids is 2. The molecule has 0 aliphatic rings. The number of rotatable bonds is 5. The highest BCUT2D eigenvalue weighted by atomic mass is 127. The van der Waals surface area contributed by atoms with Crippen LogP contribution in [0.15, 0.2) is 40.6 Å². The fraction of sp³-hybridized carbons (Fsp3) is 0. The quantitative estimate of drug-likeness (QED) is 0.136. The Balaban J connectivity index is 1.86. The lowest BCUT2D eigenvalue weighted by Crippen LogP contribution is -2.16. The maximum Gasteiger partial charge on any atom is 0.354 e. The number of hydrogen-bond acceptors (Lipinski definition) is 7. The van der Waals surface area contributed by atoms with Gasteiger partial charge in [-0.3, -0.25) is 4.55 Å². The van der Waals surface area contributed by atoms with Gasteiger partial charge < -0.3 is 9.47 Å². The Hall–Kier alpha value is 0.640. The van der Waals surface area contributed by atoms with E-state index in [1.165, 1.54) is 18.2 Å². The third kappa shape index (κ3) is 6.44. The third-order valence-corrected chi connectivity index (χ3v) is 10.2. The third-order valence-electron chi connectivity index (χ3n) is 3.67. The van der Waals surface area contributed by atoms with Crippen molar-refractivity contribution < 1.29 is 32.0 Å². The van der Waals surface area contributed by atoms with Crippen molar-refractivity contribution >= 4 is 146 Å². The molecule has 0 fully saturated rings. The molecule has 3 aromatic rings. The van der Waals surface area contributed by atoms with Crippen LogP contribution in [0.2, 0.25) is 0 Å². The van der Waals surface area contributed by atoms with Crippen LogP contribution in [0.1, 0.15) is 20.0 Å². The number of ether oxygens (including phenoxy) is 2. The van der Waals surface area contributed by atoms with Crippen LogP contribution < -0.4 is 9.47 Å². The Morgan fingerprint density at radius 3 is 1.94 bits per heavy atom. The minimum atomic E-state index is -4.43. The molecule has 1 N–H and O–H groups in total. The van der Waals surface area contributed by atoms with Gasteiger partial charge in [0.05, 0.1) is 12.7 Å². The SMILES string of the molecule is O=C(Oc1cc(I)c(S(=O)(=O)O)c(I)c1)c1ccsc1C(=O)Oc1c(I)cc(I)cc1I. The van der Waals surface area contributed by atoms with Crippen molar-refractivity contribution in [1.29, 1.82) is 0 Å². The average molecular weight is 1030 g/mol. The monoisotopic (exact) mass is 1030 g/mol. The normalized spacial score (nSPS) is 11.3. The summed E-state index contributed by atoms with van der Waals surface area (Å²) in [5.41, 5.74) is 0.0272. The summed E-state index contributed by atoms with van der Waals surface area (Å²) in [6.07, 6.45) is 0. The van der Waals surface area contributed by atoms with Crippen LogP contribution in [0, 0.1) is 17.9 Å². The highest BCUT2D eigenvalue weighted by Crippen LogP contribution is 2.32. The summed E-state index contributed by atoms with van der Waals surface area (Å²) < 4.78 is 46.2. The van der Waals surface area contributed by atoms with E-state index in [4.69, 9.17) is 9.47 Å². The molecular formula is C18H7I5O7S2. The maximum atomic E-state index is 12.8. The molecule has 0 bridgehead atoms. The summed E-state index contributed by atoms with van der Waals surface area (Å²) >= 11 is 10.8. The summed E-state index contributed by atoms with van der Waals surface area (Å²) in [5, 5.41) is 1.58. The van der Waals surface area contributed by atoms with E-state index in [0.29, 0.717) is 5.75 Å². The van der Waals surface area contributed by atoms with Crippen LogP contribution in [0.4, 0.5) is 0 Å². The van der Waals surface area contributed by atoms with Crippen molar-refractivity contribution in [1.82, 2.24) is 0 Å². The number of carbonyl (C=O) groups is 2. The second kappa shape index (κ2) is 11.1. The van der Waals surface area contributed by atoms with E-state index in [1.807, 2.05) is 12.1 Å². The largest absolute Gasteiger partial charge is 0.423 e. The van der Waals surface area contributed by atoms with Gasteiger partial charge in [0, 0.05) is 10.7 Å². The lowest BCUT2D eigenvalue weighted by molar-refractivity contribution is 0.0695. The Morgan fingerprint density at radius 1 is 0.844 bits per heavy atom. The zero-order chi connectivity index (χ0) is 23.8. The van der Waals surface area contributed by atoms with Crippen LogP contribution >= 0.6 is 124 Å². The smallest absolute Gasteiger partial charge is 0.354 e. The molecule has 0 saturated heterocycles. The predicted octanol–water partition coefficient (Wildman–Crippen LogP) is 6.46. The average Bonchev–Trinajstić information content (AvgIpc) is 3.12. The van der Waals surface area contributed by atoms with Gasteiger partial charge in [0.15, 0.2) is 5.75 Å². The molecule has 0 atom stereocenters. The zero-order valence-corrected chi connectivity index (χ0v) is 27.5. The molecule has 7 nitrogen and oxygen atoms in total. The minimum Gasteiger partial charge on any atom is -0.423 e. The summed E-state index contributed by atoms with van der Waals surface area (Å²) in [6, 6.07) is 7.81. The van der Waals surface area contributed by atoms with Gasteiger partial charge in [-0.2, -0.15) is 8.42 Å². The summed E-state index contributed by atoms with van der Waals surface area (Å²) in [5.74, 6) is -0.996. The Kier molecular flexibility index (Phi) is 9.48. The minimum absolute atomic E-state index is 0.0272. The van der Waals surface area contributed by atoms with Gasteiger partial charge in [-0.25, -0.2) is 9.59 Å². The maximum absolute atomic E-state index is 12.8. The summed E-state index contributed by atoms with van der Waals surface area (Å²) in [4.78, 5) is 25.3. The van der Waals surface area contributed by atoms with Gasteiger partial charge in [0.25, 0.3) is 10.1 Å². The van der Waals surface area contributed by atoms with Gasteiger partial charge in [-0.05, 0) is 149 Å². The van der Waals surface area contributed by atoms with Crippen LogP contribution in [-0.2, 0) is 10.1 Å². The van der Waals surface area contributed by atoms with Crippen LogP contribution in [0.5, 0.6) is 11.5 Å². The fourth-order valence-electron chi connectivity index (χ4n) is 2.40. The van der Waals surface area contributed by atoms with E-state index in [0.717, 1.165) is 22.0 Å². The van der Waals surface area contributed by atoms with Crippen molar-refractivity contribution in [2.24, 2.45) is 0 Å². The number of esters is 2. The lowest BCUT2D eigenvalue weighted by Gasteiger charge is -2.11. The Bertz CT molecular complexity index is 1310. The molecule has 168 valence electrons. The van der Waals surface area contributed by atoms with E-state index in [9.17, 15) is 22.6 Å². The van der Waals surface area contributed by atoms with Crippen molar-refractivity contribution in [3.8, 4) is 11.5 Å². The highest BCUT2D eigenvalue weighted by Gasteiger charge is 2.25. The Morgan fingerprint density at radius 2 is 1.41 bits per heavy atom. The van der Waals surface area contributed by atoms with E-state index in [-0.39, 0.29) is 28.2 Å². The molecule has 3 rings (SSSR count). The predicted molar refractivity (Wildman–Crippen MR) is 161 cm³/mol. The van der Waals surface area contributed by atoms with Crippen molar-refractivity contribution in [2.75, 3.05) is 0 Å². The molecule has 0 saturated carbocycles.